The lowest BCUT2D eigenvalue weighted by molar-refractivity contribution is -0.120. The maximum absolute atomic E-state index is 13.3. The maximum atomic E-state index is 13.3. The molecule has 1 saturated heterocycles. The van der Waals surface area contributed by atoms with Gasteiger partial charge in [-0.1, -0.05) is 24.3 Å². The number of amides is 4. The molecule has 1 unspecified atom stereocenters. The molecule has 1 fully saturated rings. The second kappa shape index (κ2) is 8.33. The van der Waals surface area contributed by atoms with Gasteiger partial charge in [-0.05, 0) is 37.6 Å². The molecule has 0 aliphatic carbocycles. The maximum Gasteiger partial charge on any atom is 0.258 e. The van der Waals surface area contributed by atoms with Crippen LogP contribution in [0, 0.1) is 0 Å². The van der Waals surface area contributed by atoms with E-state index in [9.17, 15) is 19.2 Å². The van der Waals surface area contributed by atoms with Crippen molar-refractivity contribution >= 4 is 35.0 Å². The number of hydrogen-bond donors (Lipinski definition) is 2. The van der Waals surface area contributed by atoms with Gasteiger partial charge >= 0.3 is 0 Å². The second-order valence-corrected chi connectivity index (χ2v) is 7.96. The molecule has 2 heterocycles. The van der Waals surface area contributed by atoms with E-state index in [2.05, 4.69) is 5.32 Å². The molecule has 2 aliphatic heterocycles. The molecule has 3 N–H and O–H groups in total. The first-order valence-electron chi connectivity index (χ1n) is 10.4. The Hall–Kier alpha value is -3.88. The van der Waals surface area contributed by atoms with Gasteiger partial charge in [-0.25, -0.2) is 0 Å². The highest BCUT2D eigenvalue weighted by Gasteiger charge is 2.53. The van der Waals surface area contributed by atoms with E-state index in [1.807, 2.05) is 0 Å². The van der Waals surface area contributed by atoms with Gasteiger partial charge in [0.2, 0.25) is 17.7 Å². The molecular weight excluding hydrogens is 412 g/mol. The zero-order valence-corrected chi connectivity index (χ0v) is 17.7. The summed E-state index contributed by atoms with van der Waals surface area (Å²) in [6.45, 7) is 1.65. The Morgan fingerprint density at radius 3 is 2.62 bits per heavy atom. The van der Waals surface area contributed by atoms with Gasteiger partial charge in [0, 0.05) is 6.42 Å². The van der Waals surface area contributed by atoms with Crippen LogP contribution in [0.4, 0.5) is 11.4 Å². The third-order valence-corrected chi connectivity index (χ3v) is 5.81. The van der Waals surface area contributed by atoms with Crippen molar-refractivity contribution in [1.29, 1.82) is 0 Å². The molecule has 2 aliphatic rings. The van der Waals surface area contributed by atoms with Crippen LogP contribution < -0.4 is 20.7 Å². The van der Waals surface area contributed by atoms with Crippen molar-refractivity contribution in [3.63, 3.8) is 0 Å². The Morgan fingerprint density at radius 2 is 1.84 bits per heavy atom. The van der Waals surface area contributed by atoms with Crippen molar-refractivity contribution in [3.05, 3.63) is 54.1 Å². The molecule has 4 rings (SSSR count). The Kier molecular flexibility index (Phi) is 5.56. The average molecular weight is 436 g/mol. The minimum absolute atomic E-state index is 0.0478. The molecule has 4 amide bonds. The fourth-order valence-corrected chi connectivity index (χ4v) is 4.23. The molecule has 2 aromatic rings. The van der Waals surface area contributed by atoms with Crippen molar-refractivity contribution in [2.75, 3.05) is 23.4 Å². The van der Waals surface area contributed by atoms with Crippen molar-refractivity contribution < 1.29 is 23.9 Å². The van der Waals surface area contributed by atoms with Crippen LogP contribution in [-0.4, -0.2) is 47.3 Å². The lowest BCUT2D eigenvalue weighted by Gasteiger charge is -2.48. The number of carbonyl (C=O) groups excluding carboxylic acids is 4. The standard InChI is InChI=1S/C23H24N4O5/c1-23-12-10-21(30)27(23)17-8-4-2-6-15(17)22(31)26(23)14-20(29)25-16-7-3-5-9-18(16)32-13-11-19(24)28/h2-9H,10-14H2,1H3,(H2,24,28)(H,25,29). The van der Waals surface area contributed by atoms with E-state index in [0.717, 1.165) is 0 Å². The first-order chi connectivity index (χ1) is 15.3. The summed E-state index contributed by atoms with van der Waals surface area (Å²) in [6, 6.07) is 13.7. The number of para-hydroxylation sites is 3. The number of primary amides is 1. The number of benzene rings is 2. The van der Waals surface area contributed by atoms with E-state index in [0.29, 0.717) is 35.5 Å². The van der Waals surface area contributed by atoms with Crippen LogP contribution in [0.5, 0.6) is 5.75 Å². The van der Waals surface area contributed by atoms with Crippen LogP contribution >= 0.6 is 0 Å². The summed E-state index contributed by atoms with van der Waals surface area (Å²) < 4.78 is 5.56. The van der Waals surface area contributed by atoms with Crippen LogP contribution in [0.1, 0.15) is 36.5 Å². The number of anilines is 2. The van der Waals surface area contributed by atoms with Crippen molar-refractivity contribution in [2.45, 2.75) is 31.8 Å². The fraction of sp³-hybridized carbons (Fsp3) is 0.304. The molecule has 166 valence electrons. The molecule has 0 aromatic heterocycles. The number of hydrogen-bond acceptors (Lipinski definition) is 5. The molecule has 0 radical (unpaired) electrons. The summed E-state index contributed by atoms with van der Waals surface area (Å²) in [7, 11) is 0. The van der Waals surface area contributed by atoms with Gasteiger partial charge in [-0.3, -0.25) is 24.1 Å². The molecule has 0 saturated carbocycles. The van der Waals surface area contributed by atoms with Crippen LogP contribution in [0.2, 0.25) is 0 Å². The minimum Gasteiger partial charge on any atom is -0.491 e. The number of nitrogens with two attached hydrogens (primary N) is 1. The topological polar surface area (TPSA) is 122 Å². The summed E-state index contributed by atoms with van der Waals surface area (Å²) in [5, 5.41) is 2.77. The number of ether oxygens (including phenoxy) is 1. The third kappa shape index (κ3) is 3.77. The molecule has 9 heteroatoms. The number of carbonyl (C=O) groups is 4. The Balaban J connectivity index is 1.55. The Bertz CT molecular complexity index is 1100. The van der Waals surface area contributed by atoms with Crippen molar-refractivity contribution in [3.8, 4) is 5.75 Å². The van der Waals surface area contributed by atoms with Crippen LogP contribution in [0.25, 0.3) is 0 Å². The molecule has 0 bridgehead atoms. The van der Waals surface area contributed by atoms with Gasteiger partial charge in [0.25, 0.3) is 5.91 Å². The largest absolute Gasteiger partial charge is 0.491 e. The summed E-state index contributed by atoms with van der Waals surface area (Å²) in [5.74, 6) is -0.897. The molecule has 2 aromatic carbocycles. The number of rotatable bonds is 7. The molecular formula is C23H24N4O5. The quantitative estimate of drug-likeness (QED) is 0.686. The van der Waals surface area contributed by atoms with Crippen molar-refractivity contribution in [1.82, 2.24) is 4.90 Å². The van der Waals surface area contributed by atoms with Gasteiger partial charge in [0.05, 0.1) is 30.0 Å². The predicted molar refractivity (Wildman–Crippen MR) is 117 cm³/mol. The number of fused-ring (bicyclic) bond motifs is 3. The summed E-state index contributed by atoms with van der Waals surface area (Å²) in [4.78, 5) is 52.9. The lowest BCUT2D eigenvalue weighted by atomic mass is 9.98. The molecule has 1 atom stereocenters. The highest BCUT2D eigenvalue weighted by atomic mass is 16.5. The number of nitrogens with one attached hydrogen (secondary N) is 1. The molecule has 0 spiro atoms. The van der Waals surface area contributed by atoms with E-state index in [1.165, 1.54) is 4.90 Å². The first-order valence-corrected chi connectivity index (χ1v) is 10.4. The second-order valence-electron chi connectivity index (χ2n) is 7.96. The smallest absolute Gasteiger partial charge is 0.258 e. The van der Waals surface area contributed by atoms with Crippen LogP contribution in [0.3, 0.4) is 0 Å². The van der Waals surface area contributed by atoms with E-state index in [1.54, 1.807) is 60.4 Å². The van der Waals surface area contributed by atoms with Crippen molar-refractivity contribution in [2.24, 2.45) is 5.73 Å². The average Bonchev–Trinajstić information content (AvgIpc) is 3.07. The summed E-state index contributed by atoms with van der Waals surface area (Å²) >= 11 is 0. The first kappa shape index (κ1) is 21.4. The molecule has 9 nitrogen and oxygen atoms in total. The highest BCUT2D eigenvalue weighted by Crippen LogP contribution is 2.43. The third-order valence-electron chi connectivity index (χ3n) is 5.81. The van der Waals surface area contributed by atoms with Gasteiger partial charge in [0.15, 0.2) is 0 Å². The fourth-order valence-electron chi connectivity index (χ4n) is 4.23. The SMILES string of the molecule is CC12CCC(=O)N1c1ccccc1C(=O)N2CC(=O)Nc1ccccc1OCCC(N)=O. The monoisotopic (exact) mass is 436 g/mol. The van der Waals surface area contributed by atoms with Gasteiger partial charge in [0.1, 0.15) is 18.0 Å². The van der Waals surface area contributed by atoms with E-state index in [-0.39, 0.29) is 31.4 Å². The van der Waals surface area contributed by atoms with Gasteiger partial charge in [-0.15, -0.1) is 0 Å². The highest BCUT2D eigenvalue weighted by molar-refractivity contribution is 6.11. The normalized spacial score (nSPS) is 19.4. The van der Waals surface area contributed by atoms with Crippen LogP contribution in [0.15, 0.2) is 48.5 Å². The Morgan fingerprint density at radius 1 is 1.12 bits per heavy atom. The van der Waals surface area contributed by atoms with E-state index >= 15 is 0 Å². The van der Waals surface area contributed by atoms with E-state index < -0.39 is 17.5 Å². The summed E-state index contributed by atoms with van der Waals surface area (Å²) in [5.41, 5.74) is 5.60. The van der Waals surface area contributed by atoms with Gasteiger partial charge < -0.3 is 20.7 Å². The lowest BCUT2D eigenvalue weighted by Crippen LogP contribution is -2.63. The summed E-state index contributed by atoms with van der Waals surface area (Å²) in [6.07, 6.45) is 0.783. The van der Waals surface area contributed by atoms with Crippen LogP contribution in [-0.2, 0) is 14.4 Å². The van der Waals surface area contributed by atoms with Gasteiger partial charge in [-0.2, -0.15) is 0 Å². The number of nitrogens with zero attached hydrogens (tertiary/aromatic N) is 2. The Labute approximate surface area is 185 Å². The predicted octanol–water partition coefficient (Wildman–Crippen LogP) is 1.88. The van der Waals surface area contributed by atoms with E-state index in [4.69, 9.17) is 10.5 Å². The zero-order valence-electron chi connectivity index (χ0n) is 17.7. The molecule has 32 heavy (non-hydrogen) atoms. The zero-order chi connectivity index (χ0) is 22.9. The minimum atomic E-state index is -0.919.